The van der Waals surface area contributed by atoms with Crippen LogP contribution in [0.15, 0.2) is 23.8 Å². The van der Waals surface area contributed by atoms with Gasteiger partial charge in [-0.3, -0.25) is 4.90 Å². The van der Waals surface area contributed by atoms with Gasteiger partial charge in [0.05, 0.1) is 12.2 Å². The summed E-state index contributed by atoms with van der Waals surface area (Å²) >= 11 is 0. The largest absolute Gasteiger partial charge is 0.369 e. The molecule has 15 heavy (non-hydrogen) atoms. The third-order valence-electron chi connectivity index (χ3n) is 3.80. The summed E-state index contributed by atoms with van der Waals surface area (Å²) in [4.78, 5) is 2.56. The zero-order chi connectivity index (χ0) is 10.1. The predicted molar refractivity (Wildman–Crippen MR) is 60.8 cm³/mol. The molecule has 0 aromatic carbocycles. The number of rotatable bonds is 2. The van der Waals surface area contributed by atoms with E-state index < -0.39 is 0 Å². The lowest BCUT2D eigenvalue weighted by molar-refractivity contribution is 0.155. The number of piperidine rings is 1. The minimum atomic E-state index is 0.327. The number of ether oxygens (including phenoxy) is 1. The van der Waals surface area contributed by atoms with Crippen molar-refractivity contribution in [2.24, 2.45) is 0 Å². The van der Waals surface area contributed by atoms with Crippen molar-refractivity contribution >= 4 is 0 Å². The number of hydrogen-bond donors (Lipinski definition) is 0. The molecule has 0 unspecified atom stereocenters. The summed E-state index contributed by atoms with van der Waals surface area (Å²) in [6.45, 7) is 4.59. The molecule has 0 radical (unpaired) electrons. The van der Waals surface area contributed by atoms with Gasteiger partial charge in [0.15, 0.2) is 0 Å². The van der Waals surface area contributed by atoms with Crippen LogP contribution in [0.4, 0.5) is 0 Å². The molecule has 2 nitrogen and oxygen atoms in total. The van der Waals surface area contributed by atoms with E-state index in [9.17, 15) is 0 Å². The summed E-state index contributed by atoms with van der Waals surface area (Å²) in [6, 6.07) is 0. The van der Waals surface area contributed by atoms with Crippen LogP contribution in [-0.2, 0) is 4.74 Å². The van der Waals surface area contributed by atoms with Gasteiger partial charge >= 0.3 is 0 Å². The number of allylic oxidation sites excluding steroid dienone is 2. The standard InChI is InChI=1S/C13H19NO/c1-2-4-12(5-3-1)10-14-8-6-13(7-9-14)11-15-13/h2,4-5H,1,3,6-11H2. The van der Waals surface area contributed by atoms with Gasteiger partial charge in [-0.05, 0) is 31.3 Å². The Kier molecular flexibility index (Phi) is 2.41. The lowest BCUT2D eigenvalue weighted by Gasteiger charge is -2.30. The monoisotopic (exact) mass is 205 g/mol. The van der Waals surface area contributed by atoms with E-state index >= 15 is 0 Å². The van der Waals surface area contributed by atoms with Crippen LogP contribution in [0.3, 0.4) is 0 Å². The number of nitrogens with zero attached hydrogens (tertiary/aromatic N) is 1. The van der Waals surface area contributed by atoms with Crippen molar-refractivity contribution in [3.63, 3.8) is 0 Å². The smallest absolute Gasteiger partial charge is 0.0940 e. The quantitative estimate of drug-likeness (QED) is 0.642. The van der Waals surface area contributed by atoms with Gasteiger partial charge in [0, 0.05) is 19.6 Å². The van der Waals surface area contributed by atoms with E-state index in [1.54, 1.807) is 0 Å². The van der Waals surface area contributed by atoms with Crippen molar-refractivity contribution in [3.8, 4) is 0 Å². The minimum Gasteiger partial charge on any atom is -0.369 e. The Labute approximate surface area is 91.6 Å². The fraction of sp³-hybridized carbons (Fsp3) is 0.692. The SMILES string of the molecule is C1=CC(CN2CCC3(CC2)CO3)=CCC1. The van der Waals surface area contributed by atoms with Crippen molar-refractivity contribution < 1.29 is 4.74 Å². The highest BCUT2D eigenvalue weighted by atomic mass is 16.6. The molecule has 2 saturated heterocycles. The maximum atomic E-state index is 5.52. The van der Waals surface area contributed by atoms with Crippen LogP contribution in [0.2, 0.25) is 0 Å². The molecule has 3 rings (SSSR count). The Morgan fingerprint density at radius 1 is 1.27 bits per heavy atom. The normalized spacial score (nSPS) is 29.2. The van der Waals surface area contributed by atoms with Crippen molar-refractivity contribution in [1.82, 2.24) is 4.90 Å². The van der Waals surface area contributed by atoms with E-state index in [-0.39, 0.29) is 0 Å². The van der Waals surface area contributed by atoms with Crippen LogP contribution >= 0.6 is 0 Å². The number of epoxide rings is 1. The molecule has 82 valence electrons. The van der Waals surface area contributed by atoms with Crippen molar-refractivity contribution in [2.75, 3.05) is 26.2 Å². The molecule has 0 atom stereocenters. The van der Waals surface area contributed by atoms with E-state index in [2.05, 4.69) is 23.1 Å². The molecule has 1 spiro atoms. The van der Waals surface area contributed by atoms with E-state index in [0.29, 0.717) is 5.60 Å². The van der Waals surface area contributed by atoms with Gasteiger partial charge in [0.25, 0.3) is 0 Å². The summed E-state index contributed by atoms with van der Waals surface area (Å²) in [5, 5.41) is 0. The van der Waals surface area contributed by atoms with Gasteiger partial charge in [-0.1, -0.05) is 18.2 Å². The first-order valence-corrected chi connectivity index (χ1v) is 6.08. The van der Waals surface area contributed by atoms with E-state index in [1.165, 1.54) is 44.3 Å². The Bertz CT molecular complexity index is 292. The Morgan fingerprint density at radius 3 is 2.67 bits per heavy atom. The first-order valence-electron chi connectivity index (χ1n) is 6.08. The van der Waals surface area contributed by atoms with Crippen molar-refractivity contribution in [1.29, 1.82) is 0 Å². The second-order valence-electron chi connectivity index (χ2n) is 5.01. The fourth-order valence-corrected chi connectivity index (χ4v) is 2.55. The zero-order valence-electron chi connectivity index (χ0n) is 9.24. The molecule has 0 amide bonds. The predicted octanol–water partition coefficient (Wildman–Crippen LogP) is 2.13. The molecule has 2 aliphatic heterocycles. The summed E-state index contributed by atoms with van der Waals surface area (Å²) in [5.41, 5.74) is 1.83. The van der Waals surface area contributed by atoms with Gasteiger partial charge in [-0.25, -0.2) is 0 Å². The highest BCUT2D eigenvalue weighted by molar-refractivity contribution is 5.23. The average molecular weight is 205 g/mol. The van der Waals surface area contributed by atoms with E-state index in [1.807, 2.05) is 0 Å². The maximum Gasteiger partial charge on any atom is 0.0940 e. The second-order valence-corrected chi connectivity index (χ2v) is 5.01. The van der Waals surface area contributed by atoms with Crippen molar-refractivity contribution in [3.05, 3.63) is 23.8 Å². The summed E-state index contributed by atoms with van der Waals surface area (Å²) in [7, 11) is 0. The Balaban J connectivity index is 1.51. The van der Waals surface area contributed by atoms with Gasteiger partial charge in [-0.2, -0.15) is 0 Å². The fourth-order valence-electron chi connectivity index (χ4n) is 2.55. The molecule has 0 aromatic heterocycles. The Hall–Kier alpha value is -0.600. The van der Waals surface area contributed by atoms with Gasteiger partial charge in [0.2, 0.25) is 0 Å². The van der Waals surface area contributed by atoms with Gasteiger partial charge in [-0.15, -0.1) is 0 Å². The molecule has 1 aliphatic carbocycles. The molecule has 0 N–H and O–H groups in total. The molecule has 0 aromatic rings. The van der Waals surface area contributed by atoms with Gasteiger partial charge in [0.1, 0.15) is 0 Å². The summed E-state index contributed by atoms with van der Waals surface area (Å²) in [5.74, 6) is 0. The Morgan fingerprint density at radius 2 is 2.07 bits per heavy atom. The molecular formula is C13H19NO. The molecule has 2 heterocycles. The average Bonchev–Trinajstić information content (AvgIpc) is 3.04. The lowest BCUT2D eigenvalue weighted by atomic mass is 9.97. The highest BCUT2D eigenvalue weighted by Gasteiger charge is 2.46. The molecule has 0 saturated carbocycles. The lowest BCUT2D eigenvalue weighted by Crippen LogP contribution is -2.38. The minimum absolute atomic E-state index is 0.327. The molecule has 3 aliphatic rings. The summed E-state index contributed by atoms with van der Waals surface area (Å²) < 4.78 is 5.52. The first-order chi connectivity index (χ1) is 7.36. The topological polar surface area (TPSA) is 15.8 Å². The maximum absolute atomic E-state index is 5.52. The third kappa shape index (κ3) is 2.16. The highest BCUT2D eigenvalue weighted by Crippen LogP contribution is 2.37. The van der Waals surface area contributed by atoms with Crippen LogP contribution in [0.25, 0.3) is 0 Å². The van der Waals surface area contributed by atoms with Crippen LogP contribution in [0.1, 0.15) is 25.7 Å². The summed E-state index contributed by atoms with van der Waals surface area (Å²) in [6.07, 6.45) is 11.9. The van der Waals surface area contributed by atoms with E-state index in [0.717, 1.165) is 13.2 Å². The molecule has 2 fully saturated rings. The van der Waals surface area contributed by atoms with Crippen LogP contribution < -0.4 is 0 Å². The van der Waals surface area contributed by atoms with Crippen molar-refractivity contribution in [2.45, 2.75) is 31.3 Å². The van der Waals surface area contributed by atoms with Crippen LogP contribution in [-0.4, -0.2) is 36.7 Å². The molecule has 0 bridgehead atoms. The molecule has 2 heteroatoms. The third-order valence-corrected chi connectivity index (χ3v) is 3.80. The number of hydrogen-bond acceptors (Lipinski definition) is 2. The van der Waals surface area contributed by atoms with E-state index in [4.69, 9.17) is 4.74 Å². The van der Waals surface area contributed by atoms with Crippen LogP contribution in [0.5, 0.6) is 0 Å². The number of likely N-dealkylation sites (tertiary alicyclic amines) is 1. The zero-order valence-corrected chi connectivity index (χ0v) is 9.24. The first kappa shape index (κ1) is 9.61. The molecular weight excluding hydrogens is 186 g/mol. The van der Waals surface area contributed by atoms with Gasteiger partial charge < -0.3 is 4.74 Å². The van der Waals surface area contributed by atoms with Crippen LogP contribution in [0, 0.1) is 0 Å². The second kappa shape index (κ2) is 3.76.